The third-order valence-corrected chi connectivity index (χ3v) is 4.51. The zero-order valence-electron chi connectivity index (χ0n) is 14.2. The van der Waals surface area contributed by atoms with E-state index in [0.717, 1.165) is 4.90 Å². The molecular weight excluding hydrogens is 332 g/mol. The number of likely N-dealkylation sites (N-methyl/N-ethyl adjacent to an activating group) is 1. The number of benzene rings is 1. The molecule has 1 N–H and O–H groups in total. The molecule has 0 unspecified atom stereocenters. The van der Waals surface area contributed by atoms with Crippen LogP contribution in [0.25, 0.3) is 0 Å². The fraction of sp³-hybridized carbons (Fsp3) is 0.529. The Hall–Kier alpha value is -1.20. The first-order valence-corrected chi connectivity index (χ1v) is 9.05. The molecule has 0 aromatic heterocycles. The van der Waals surface area contributed by atoms with Crippen LogP contribution < -0.4 is 5.32 Å². The lowest BCUT2D eigenvalue weighted by atomic mass is 10.1. The first kappa shape index (κ1) is 19.8. The summed E-state index contributed by atoms with van der Waals surface area (Å²) in [6, 6.07) is 7.57. The van der Waals surface area contributed by atoms with Gasteiger partial charge in [-0.1, -0.05) is 23.7 Å². The highest BCUT2D eigenvalue weighted by Gasteiger charge is 2.19. The summed E-state index contributed by atoms with van der Waals surface area (Å²) in [6.07, 6.45) is 0.381. The van der Waals surface area contributed by atoms with Gasteiger partial charge in [0, 0.05) is 29.2 Å². The Morgan fingerprint density at radius 3 is 2.48 bits per heavy atom. The van der Waals surface area contributed by atoms with Crippen LogP contribution >= 0.6 is 23.4 Å². The number of amides is 2. The lowest BCUT2D eigenvalue weighted by molar-refractivity contribution is -0.136. The van der Waals surface area contributed by atoms with Crippen LogP contribution in [0.5, 0.6) is 0 Å². The molecule has 6 heteroatoms. The van der Waals surface area contributed by atoms with E-state index in [-0.39, 0.29) is 23.9 Å². The van der Waals surface area contributed by atoms with Gasteiger partial charge in [-0.15, -0.1) is 11.8 Å². The van der Waals surface area contributed by atoms with E-state index in [1.807, 2.05) is 52.0 Å². The predicted octanol–water partition coefficient (Wildman–Crippen LogP) is 3.59. The van der Waals surface area contributed by atoms with Gasteiger partial charge in [-0.3, -0.25) is 9.59 Å². The second-order valence-electron chi connectivity index (χ2n) is 6.23. The third kappa shape index (κ3) is 7.75. The minimum absolute atomic E-state index is 0.0175. The van der Waals surface area contributed by atoms with Crippen molar-refractivity contribution in [2.75, 3.05) is 18.8 Å². The molecule has 0 saturated carbocycles. The molecule has 0 radical (unpaired) electrons. The van der Waals surface area contributed by atoms with E-state index in [1.165, 1.54) is 0 Å². The molecule has 0 fully saturated rings. The van der Waals surface area contributed by atoms with Crippen molar-refractivity contribution in [1.82, 2.24) is 10.2 Å². The highest BCUT2D eigenvalue weighted by molar-refractivity contribution is 7.99. The summed E-state index contributed by atoms with van der Waals surface area (Å²) in [4.78, 5) is 26.7. The monoisotopic (exact) mass is 356 g/mol. The van der Waals surface area contributed by atoms with E-state index in [2.05, 4.69) is 5.32 Å². The Labute approximate surface area is 148 Å². The van der Waals surface area contributed by atoms with Crippen molar-refractivity contribution in [3.05, 3.63) is 29.3 Å². The summed E-state index contributed by atoms with van der Waals surface area (Å²) in [5, 5.41) is 3.57. The maximum atomic E-state index is 12.3. The number of carbonyl (C=O) groups is 2. The van der Waals surface area contributed by atoms with Crippen LogP contribution in [-0.4, -0.2) is 41.1 Å². The minimum Gasteiger partial charge on any atom is -0.350 e. The van der Waals surface area contributed by atoms with Crippen LogP contribution in [0.1, 0.15) is 34.1 Å². The molecule has 0 aliphatic carbocycles. The summed E-state index contributed by atoms with van der Waals surface area (Å²) in [7, 11) is 0. The third-order valence-electron chi connectivity index (χ3n) is 2.99. The molecule has 0 aliphatic rings. The molecule has 0 bridgehead atoms. The highest BCUT2D eigenvalue weighted by atomic mass is 35.5. The van der Waals surface area contributed by atoms with Gasteiger partial charge in [0.25, 0.3) is 0 Å². The zero-order chi connectivity index (χ0) is 17.5. The predicted molar refractivity (Wildman–Crippen MR) is 96.9 cm³/mol. The molecular formula is C17H25ClN2O2S. The molecule has 0 saturated heterocycles. The number of nitrogens with one attached hydrogen (secondary N) is 1. The van der Waals surface area contributed by atoms with Gasteiger partial charge in [0.05, 0.1) is 11.6 Å². The molecule has 0 aliphatic heterocycles. The molecule has 0 heterocycles. The topological polar surface area (TPSA) is 49.4 Å². The molecule has 4 nitrogen and oxygen atoms in total. The van der Waals surface area contributed by atoms with Crippen molar-refractivity contribution in [3.63, 3.8) is 0 Å². The van der Waals surface area contributed by atoms with Crippen LogP contribution in [0.15, 0.2) is 29.2 Å². The average molecular weight is 357 g/mol. The smallest absolute Gasteiger partial charge is 0.240 e. The quantitative estimate of drug-likeness (QED) is 0.759. The summed E-state index contributed by atoms with van der Waals surface area (Å²) < 4.78 is 0. The van der Waals surface area contributed by atoms with E-state index >= 15 is 0 Å². The normalized spacial score (nSPS) is 11.2. The Balaban J connectivity index is 2.45. The molecule has 0 spiro atoms. The van der Waals surface area contributed by atoms with Gasteiger partial charge < -0.3 is 10.2 Å². The number of halogens is 1. The van der Waals surface area contributed by atoms with E-state index < -0.39 is 0 Å². The Morgan fingerprint density at radius 2 is 1.91 bits per heavy atom. The second kappa shape index (κ2) is 9.18. The largest absolute Gasteiger partial charge is 0.350 e. The van der Waals surface area contributed by atoms with Gasteiger partial charge in [0.2, 0.25) is 11.8 Å². The van der Waals surface area contributed by atoms with Crippen molar-refractivity contribution in [3.8, 4) is 0 Å². The first-order chi connectivity index (χ1) is 10.7. The fourth-order valence-electron chi connectivity index (χ4n) is 1.98. The second-order valence-corrected chi connectivity index (χ2v) is 7.78. The van der Waals surface area contributed by atoms with E-state index in [1.54, 1.807) is 16.7 Å². The maximum absolute atomic E-state index is 12.3. The molecule has 1 rings (SSSR count). The van der Waals surface area contributed by atoms with Crippen LogP contribution in [-0.2, 0) is 9.59 Å². The van der Waals surface area contributed by atoms with Crippen molar-refractivity contribution in [2.24, 2.45) is 0 Å². The highest BCUT2D eigenvalue weighted by Crippen LogP contribution is 2.27. The van der Waals surface area contributed by atoms with Crippen LogP contribution in [0, 0.1) is 0 Å². The van der Waals surface area contributed by atoms with Crippen LogP contribution in [0.2, 0.25) is 5.02 Å². The Morgan fingerprint density at radius 1 is 1.26 bits per heavy atom. The number of nitrogens with zero attached hydrogens (tertiary/aromatic N) is 1. The van der Waals surface area contributed by atoms with Crippen LogP contribution in [0.3, 0.4) is 0 Å². The number of thioether (sulfide) groups is 1. The van der Waals surface area contributed by atoms with Gasteiger partial charge in [0.15, 0.2) is 0 Å². The van der Waals surface area contributed by atoms with Gasteiger partial charge >= 0.3 is 0 Å². The number of hydrogen-bond donors (Lipinski definition) is 1. The van der Waals surface area contributed by atoms with Gasteiger partial charge in [0.1, 0.15) is 0 Å². The van der Waals surface area contributed by atoms with Crippen molar-refractivity contribution < 1.29 is 9.59 Å². The van der Waals surface area contributed by atoms with Crippen molar-refractivity contribution in [2.45, 2.75) is 44.6 Å². The van der Waals surface area contributed by atoms with Gasteiger partial charge in [-0.05, 0) is 39.8 Å². The molecule has 1 aromatic carbocycles. The van der Waals surface area contributed by atoms with E-state index in [4.69, 9.17) is 11.6 Å². The SMILES string of the molecule is CCN(CC(=O)NC(C)(C)C)C(=O)CCSc1ccccc1Cl. The zero-order valence-corrected chi connectivity index (χ0v) is 15.8. The molecule has 128 valence electrons. The van der Waals surface area contributed by atoms with E-state index in [0.29, 0.717) is 23.7 Å². The van der Waals surface area contributed by atoms with Crippen LogP contribution in [0.4, 0.5) is 0 Å². The van der Waals surface area contributed by atoms with Gasteiger partial charge in [-0.2, -0.15) is 0 Å². The standard InChI is InChI=1S/C17H25ClN2O2S/c1-5-20(12-15(21)19-17(2,3)4)16(22)10-11-23-14-9-7-6-8-13(14)18/h6-9H,5,10-12H2,1-4H3,(H,19,21). The molecule has 0 atom stereocenters. The lowest BCUT2D eigenvalue weighted by Crippen LogP contribution is -2.47. The summed E-state index contributed by atoms with van der Waals surface area (Å²) in [5.41, 5.74) is -0.292. The summed E-state index contributed by atoms with van der Waals surface area (Å²) in [6.45, 7) is 8.26. The Bertz CT molecular complexity index is 544. The Kier molecular flexibility index (Phi) is 7.92. The van der Waals surface area contributed by atoms with Crippen molar-refractivity contribution in [1.29, 1.82) is 0 Å². The average Bonchev–Trinajstić information content (AvgIpc) is 2.44. The lowest BCUT2D eigenvalue weighted by Gasteiger charge is -2.25. The minimum atomic E-state index is -0.292. The van der Waals surface area contributed by atoms with E-state index in [9.17, 15) is 9.59 Å². The molecule has 1 aromatic rings. The number of hydrogen-bond acceptors (Lipinski definition) is 3. The number of carbonyl (C=O) groups excluding carboxylic acids is 2. The molecule has 2 amide bonds. The first-order valence-electron chi connectivity index (χ1n) is 7.69. The fourth-order valence-corrected chi connectivity index (χ4v) is 3.15. The maximum Gasteiger partial charge on any atom is 0.240 e. The van der Waals surface area contributed by atoms with Gasteiger partial charge in [-0.25, -0.2) is 0 Å². The van der Waals surface area contributed by atoms with Crippen molar-refractivity contribution >= 4 is 35.2 Å². The summed E-state index contributed by atoms with van der Waals surface area (Å²) in [5.74, 6) is 0.488. The molecule has 23 heavy (non-hydrogen) atoms. The number of rotatable bonds is 7. The summed E-state index contributed by atoms with van der Waals surface area (Å²) >= 11 is 7.64.